The number of hydrogen-bond acceptors (Lipinski definition) is 3. The standard InChI is InChI=1S/C11H19N3/c1-9(2)6-10(3)14-8-11-7-12-4-5-13-11/h4-5,7,9-10,14H,6,8H2,1-3H3. The van der Waals surface area contributed by atoms with Crippen molar-refractivity contribution in [2.45, 2.75) is 39.8 Å². The molecular weight excluding hydrogens is 174 g/mol. The van der Waals surface area contributed by atoms with Crippen LogP contribution in [0.3, 0.4) is 0 Å². The molecule has 0 bridgehead atoms. The zero-order valence-corrected chi connectivity index (χ0v) is 9.20. The molecule has 3 nitrogen and oxygen atoms in total. The molecule has 0 aromatic carbocycles. The first-order valence-electron chi connectivity index (χ1n) is 5.16. The molecule has 1 N–H and O–H groups in total. The molecule has 0 saturated carbocycles. The van der Waals surface area contributed by atoms with Crippen molar-refractivity contribution in [3.05, 3.63) is 24.3 Å². The van der Waals surface area contributed by atoms with Gasteiger partial charge >= 0.3 is 0 Å². The van der Waals surface area contributed by atoms with Gasteiger partial charge in [-0.1, -0.05) is 13.8 Å². The highest BCUT2D eigenvalue weighted by Gasteiger charge is 2.04. The molecule has 0 radical (unpaired) electrons. The minimum absolute atomic E-state index is 0.539. The molecule has 3 heteroatoms. The summed E-state index contributed by atoms with van der Waals surface area (Å²) in [6, 6.07) is 0.539. The van der Waals surface area contributed by atoms with E-state index in [0.717, 1.165) is 18.2 Å². The summed E-state index contributed by atoms with van der Waals surface area (Å²) in [4.78, 5) is 8.23. The summed E-state index contributed by atoms with van der Waals surface area (Å²) in [6.45, 7) is 7.49. The number of hydrogen-bond donors (Lipinski definition) is 1. The van der Waals surface area contributed by atoms with Gasteiger partial charge in [0.15, 0.2) is 0 Å². The van der Waals surface area contributed by atoms with Crippen LogP contribution in [0.1, 0.15) is 32.9 Å². The third-order valence-corrected chi connectivity index (χ3v) is 2.07. The van der Waals surface area contributed by atoms with Gasteiger partial charge in [-0.25, -0.2) is 0 Å². The lowest BCUT2D eigenvalue weighted by Gasteiger charge is -2.15. The second-order valence-electron chi connectivity index (χ2n) is 4.11. The van der Waals surface area contributed by atoms with Gasteiger partial charge in [0.1, 0.15) is 0 Å². The molecule has 1 atom stereocenters. The first-order valence-corrected chi connectivity index (χ1v) is 5.16. The lowest BCUT2D eigenvalue weighted by atomic mass is 10.1. The van der Waals surface area contributed by atoms with Gasteiger partial charge in [0.2, 0.25) is 0 Å². The maximum absolute atomic E-state index is 4.20. The smallest absolute Gasteiger partial charge is 0.0724 e. The highest BCUT2D eigenvalue weighted by atomic mass is 14.9. The predicted octanol–water partition coefficient (Wildman–Crippen LogP) is 2.00. The first-order chi connectivity index (χ1) is 6.68. The fourth-order valence-electron chi connectivity index (χ4n) is 1.49. The van der Waals surface area contributed by atoms with E-state index in [2.05, 4.69) is 36.1 Å². The Morgan fingerprint density at radius 2 is 2.07 bits per heavy atom. The molecule has 0 aliphatic carbocycles. The first kappa shape index (κ1) is 11.1. The summed E-state index contributed by atoms with van der Waals surface area (Å²) in [5, 5.41) is 3.43. The SMILES string of the molecule is CC(C)CC(C)NCc1cnccn1. The highest BCUT2D eigenvalue weighted by Crippen LogP contribution is 2.04. The fraction of sp³-hybridized carbons (Fsp3) is 0.636. The summed E-state index contributed by atoms with van der Waals surface area (Å²) in [6.07, 6.45) is 6.42. The molecule has 1 unspecified atom stereocenters. The average Bonchev–Trinajstić information content (AvgIpc) is 2.15. The molecule has 0 saturated heterocycles. The second-order valence-corrected chi connectivity index (χ2v) is 4.11. The van der Waals surface area contributed by atoms with E-state index in [9.17, 15) is 0 Å². The molecule has 1 aromatic heterocycles. The van der Waals surface area contributed by atoms with Crippen molar-refractivity contribution in [3.63, 3.8) is 0 Å². The van der Waals surface area contributed by atoms with Crippen LogP contribution in [0.4, 0.5) is 0 Å². The highest BCUT2D eigenvalue weighted by molar-refractivity contribution is 4.93. The van der Waals surface area contributed by atoms with E-state index in [-0.39, 0.29) is 0 Å². The van der Waals surface area contributed by atoms with Crippen molar-refractivity contribution in [2.75, 3.05) is 0 Å². The molecule has 0 aliphatic heterocycles. The molecule has 1 aromatic rings. The summed E-state index contributed by atoms with van der Waals surface area (Å²) in [7, 11) is 0. The van der Waals surface area contributed by atoms with Crippen LogP contribution in [0.5, 0.6) is 0 Å². The predicted molar refractivity (Wildman–Crippen MR) is 57.8 cm³/mol. The third-order valence-electron chi connectivity index (χ3n) is 2.07. The van der Waals surface area contributed by atoms with Gasteiger partial charge in [0.25, 0.3) is 0 Å². The van der Waals surface area contributed by atoms with Crippen molar-refractivity contribution in [3.8, 4) is 0 Å². The maximum atomic E-state index is 4.20. The van der Waals surface area contributed by atoms with Crippen LogP contribution >= 0.6 is 0 Å². The van der Waals surface area contributed by atoms with Crippen LogP contribution in [0.2, 0.25) is 0 Å². The van der Waals surface area contributed by atoms with Crippen molar-refractivity contribution in [1.29, 1.82) is 0 Å². The lowest BCUT2D eigenvalue weighted by molar-refractivity contribution is 0.439. The molecule has 78 valence electrons. The largest absolute Gasteiger partial charge is 0.309 e. The number of aromatic nitrogens is 2. The van der Waals surface area contributed by atoms with Crippen molar-refractivity contribution >= 4 is 0 Å². The van der Waals surface area contributed by atoms with Crippen LogP contribution < -0.4 is 5.32 Å². The van der Waals surface area contributed by atoms with Gasteiger partial charge in [-0.2, -0.15) is 0 Å². The topological polar surface area (TPSA) is 37.8 Å². The van der Waals surface area contributed by atoms with E-state index in [1.54, 1.807) is 18.6 Å². The summed E-state index contributed by atoms with van der Waals surface area (Å²) in [5.41, 5.74) is 1.00. The fourth-order valence-corrected chi connectivity index (χ4v) is 1.49. The summed E-state index contributed by atoms with van der Waals surface area (Å²) < 4.78 is 0. The van der Waals surface area contributed by atoms with E-state index in [4.69, 9.17) is 0 Å². The Morgan fingerprint density at radius 3 is 2.64 bits per heavy atom. The van der Waals surface area contributed by atoms with Crippen molar-refractivity contribution in [2.24, 2.45) is 5.92 Å². The lowest BCUT2D eigenvalue weighted by Crippen LogP contribution is -2.27. The number of nitrogens with one attached hydrogen (secondary N) is 1. The molecule has 0 spiro atoms. The molecule has 0 amide bonds. The minimum atomic E-state index is 0.539. The van der Waals surface area contributed by atoms with Crippen molar-refractivity contribution < 1.29 is 0 Å². The molecule has 0 aliphatic rings. The third kappa shape index (κ3) is 4.33. The van der Waals surface area contributed by atoms with Crippen LogP contribution in [0.15, 0.2) is 18.6 Å². The molecule has 0 fully saturated rings. The zero-order chi connectivity index (χ0) is 10.4. The van der Waals surface area contributed by atoms with Crippen LogP contribution in [-0.4, -0.2) is 16.0 Å². The summed E-state index contributed by atoms with van der Waals surface area (Å²) in [5.74, 6) is 0.736. The van der Waals surface area contributed by atoms with Crippen LogP contribution in [0.25, 0.3) is 0 Å². The zero-order valence-electron chi connectivity index (χ0n) is 9.20. The van der Waals surface area contributed by atoms with Gasteiger partial charge < -0.3 is 5.32 Å². The van der Waals surface area contributed by atoms with E-state index < -0.39 is 0 Å². The van der Waals surface area contributed by atoms with Gasteiger partial charge in [0, 0.05) is 31.2 Å². The normalized spacial score (nSPS) is 13.1. The Labute approximate surface area is 86.0 Å². The van der Waals surface area contributed by atoms with Gasteiger partial charge in [0.05, 0.1) is 5.69 Å². The number of rotatable bonds is 5. The molecule has 1 rings (SSSR count). The van der Waals surface area contributed by atoms with Gasteiger partial charge in [-0.05, 0) is 19.3 Å². The Balaban J connectivity index is 2.27. The van der Waals surface area contributed by atoms with Gasteiger partial charge in [-0.3, -0.25) is 9.97 Å². The monoisotopic (exact) mass is 193 g/mol. The number of nitrogens with zero attached hydrogens (tertiary/aromatic N) is 2. The van der Waals surface area contributed by atoms with Gasteiger partial charge in [-0.15, -0.1) is 0 Å². The molecule has 1 heterocycles. The Kier molecular flexibility index (Phi) is 4.53. The minimum Gasteiger partial charge on any atom is -0.309 e. The Bertz CT molecular complexity index is 246. The van der Waals surface area contributed by atoms with E-state index in [1.807, 2.05) is 0 Å². The van der Waals surface area contributed by atoms with Crippen LogP contribution in [-0.2, 0) is 6.54 Å². The summed E-state index contributed by atoms with van der Waals surface area (Å²) >= 11 is 0. The Morgan fingerprint density at radius 1 is 1.29 bits per heavy atom. The molecule has 14 heavy (non-hydrogen) atoms. The Hall–Kier alpha value is -0.960. The quantitative estimate of drug-likeness (QED) is 0.777. The van der Waals surface area contributed by atoms with E-state index >= 15 is 0 Å². The van der Waals surface area contributed by atoms with E-state index in [1.165, 1.54) is 6.42 Å². The average molecular weight is 193 g/mol. The molecular formula is C11H19N3. The maximum Gasteiger partial charge on any atom is 0.0724 e. The van der Waals surface area contributed by atoms with Crippen LogP contribution in [0, 0.1) is 5.92 Å². The van der Waals surface area contributed by atoms with E-state index in [0.29, 0.717) is 6.04 Å². The second kappa shape index (κ2) is 5.70. The van der Waals surface area contributed by atoms with Crippen molar-refractivity contribution in [1.82, 2.24) is 15.3 Å².